The summed E-state index contributed by atoms with van der Waals surface area (Å²) in [4.78, 5) is 0. The second-order valence-electron chi connectivity index (χ2n) is 5.04. The van der Waals surface area contributed by atoms with Gasteiger partial charge in [0, 0.05) is 17.0 Å². The zero-order chi connectivity index (χ0) is 13.7. The molecule has 0 spiro atoms. The van der Waals surface area contributed by atoms with Gasteiger partial charge < -0.3 is 15.5 Å². The Morgan fingerprint density at radius 1 is 1.42 bits per heavy atom. The van der Waals surface area contributed by atoms with Gasteiger partial charge in [-0.3, -0.25) is 0 Å². The minimum absolute atomic E-state index is 0.153. The molecule has 4 heteroatoms. The lowest BCUT2D eigenvalue weighted by atomic mass is 10.1. The fraction of sp³-hybridized carbons (Fsp3) is 0.600. The Hall–Kier alpha value is -0.550. The first-order valence-electron chi connectivity index (χ1n) is 6.98. The van der Waals surface area contributed by atoms with E-state index < -0.39 is 6.10 Å². The van der Waals surface area contributed by atoms with Gasteiger partial charge in [-0.2, -0.15) is 11.8 Å². The number of nitrogens with one attached hydrogen (secondary N) is 1. The monoisotopic (exact) mass is 281 g/mol. The van der Waals surface area contributed by atoms with Gasteiger partial charge in [0.25, 0.3) is 0 Å². The molecule has 0 amide bonds. The molecule has 3 unspecified atom stereocenters. The van der Waals surface area contributed by atoms with Crippen LogP contribution in [0.1, 0.15) is 30.5 Å². The maximum Gasteiger partial charge on any atom is 0.0861 e. The molecular weight excluding hydrogens is 258 g/mol. The van der Waals surface area contributed by atoms with E-state index >= 15 is 0 Å². The number of hydrogen-bond acceptors (Lipinski definition) is 4. The van der Waals surface area contributed by atoms with E-state index in [-0.39, 0.29) is 6.61 Å². The van der Waals surface area contributed by atoms with Crippen LogP contribution < -0.4 is 5.32 Å². The molecule has 1 aliphatic carbocycles. The van der Waals surface area contributed by atoms with Gasteiger partial charge in [-0.25, -0.2) is 0 Å². The van der Waals surface area contributed by atoms with E-state index in [4.69, 9.17) is 5.11 Å². The van der Waals surface area contributed by atoms with Crippen LogP contribution in [0, 0.1) is 0 Å². The van der Waals surface area contributed by atoms with Crippen LogP contribution in [0.15, 0.2) is 24.3 Å². The van der Waals surface area contributed by atoms with Crippen LogP contribution in [-0.4, -0.2) is 40.5 Å². The number of benzene rings is 1. The van der Waals surface area contributed by atoms with Crippen molar-refractivity contribution in [1.82, 2.24) is 5.32 Å². The van der Waals surface area contributed by atoms with Crippen molar-refractivity contribution in [2.45, 2.75) is 37.2 Å². The molecule has 0 bridgehead atoms. The zero-order valence-electron chi connectivity index (χ0n) is 11.4. The minimum atomic E-state index is -0.611. The Morgan fingerprint density at radius 3 is 2.95 bits per heavy atom. The Bertz CT molecular complexity index is 399. The number of fused-ring (bicyclic) bond motifs is 1. The maximum absolute atomic E-state index is 9.51. The van der Waals surface area contributed by atoms with E-state index in [1.807, 2.05) is 0 Å². The fourth-order valence-corrected chi connectivity index (χ4v) is 3.85. The molecule has 0 fully saturated rings. The highest BCUT2D eigenvalue weighted by molar-refractivity contribution is 8.00. The summed E-state index contributed by atoms with van der Waals surface area (Å²) in [5.41, 5.74) is 2.80. The van der Waals surface area contributed by atoms with Crippen LogP contribution in [0.4, 0.5) is 0 Å². The first-order valence-corrected chi connectivity index (χ1v) is 8.02. The van der Waals surface area contributed by atoms with Crippen molar-refractivity contribution in [3.63, 3.8) is 0 Å². The van der Waals surface area contributed by atoms with Crippen molar-refractivity contribution in [2.75, 3.05) is 18.9 Å². The smallest absolute Gasteiger partial charge is 0.0861 e. The van der Waals surface area contributed by atoms with Gasteiger partial charge in [0.05, 0.1) is 12.7 Å². The molecule has 19 heavy (non-hydrogen) atoms. The number of hydrogen-bond donors (Lipinski definition) is 3. The third-order valence-corrected chi connectivity index (χ3v) is 4.95. The van der Waals surface area contributed by atoms with Crippen LogP contribution in [0.2, 0.25) is 0 Å². The largest absolute Gasteiger partial charge is 0.394 e. The van der Waals surface area contributed by atoms with Gasteiger partial charge >= 0.3 is 0 Å². The van der Waals surface area contributed by atoms with Gasteiger partial charge in [-0.15, -0.1) is 0 Å². The number of aliphatic hydroxyl groups is 2. The van der Waals surface area contributed by atoms with Crippen molar-refractivity contribution < 1.29 is 10.2 Å². The van der Waals surface area contributed by atoms with Gasteiger partial charge in [-0.1, -0.05) is 31.2 Å². The summed E-state index contributed by atoms with van der Waals surface area (Å²) in [6.07, 6.45) is 1.55. The SMILES string of the molecule is CCCNC1c2ccccc2CC1SCC(O)CO. The van der Waals surface area contributed by atoms with Crippen molar-refractivity contribution in [2.24, 2.45) is 0 Å². The average Bonchev–Trinajstić information content (AvgIpc) is 2.80. The van der Waals surface area contributed by atoms with E-state index in [1.54, 1.807) is 11.8 Å². The van der Waals surface area contributed by atoms with E-state index in [1.165, 1.54) is 11.1 Å². The van der Waals surface area contributed by atoms with Gasteiger partial charge in [0.2, 0.25) is 0 Å². The quantitative estimate of drug-likeness (QED) is 0.712. The molecule has 1 aliphatic rings. The van der Waals surface area contributed by atoms with Crippen LogP contribution in [0.25, 0.3) is 0 Å². The van der Waals surface area contributed by atoms with Crippen molar-refractivity contribution in [3.8, 4) is 0 Å². The molecule has 1 aromatic carbocycles. The lowest BCUT2D eigenvalue weighted by Crippen LogP contribution is -2.29. The normalized spacial score (nSPS) is 23.3. The summed E-state index contributed by atoms with van der Waals surface area (Å²) in [7, 11) is 0. The minimum Gasteiger partial charge on any atom is -0.394 e. The Labute approximate surface area is 119 Å². The van der Waals surface area contributed by atoms with Crippen molar-refractivity contribution in [3.05, 3.63) is 35.4 Å². The maximum atomic E-state index is 9.51. The molecule has 106 valence electrons. The molecule has 0 radical (unpaired) electrons. The highest BCUT2D eigenvalue weighted by Gasteiger charge is 2.32. The third-order valence-electron chi connectivity index (χ3n) is 3.51. The summed E-state index contributed by atoms with van der Waals surface area (Å²) < 4.78 is 0. The first kappa shape index (κ1) is 14.9. The topological polar surface area (TPSA) is 52.5 Å². The predicted molar refractivity (Wildman–Crippen MR) is 80.5 cm³/mol. The average molecular weight is 281 g/mol. The highest BCUT2D eigenvalue weighted by Crippen LogP contribution is 2.38. The second kappa shape index (κ2) is 7.29. The van der Waals surface area contributed by atoms with Crippen LogP contribution in [0.3, 0.4) is 0 Å². The van der Waals surface area contributed by atoms with E-state index in [9.17, 15) is 5.11 Å². The Morgan fingerprint density at radius 2 is 2.21 bits per heavy atom. The number of thioether (sulfide) groups is 1. The molecule has 0 aromatic heterocycles. The molecular formula is C15H23NO2S. The van der Waals surface area contributed by atoms with E-state index in [0.717, 1.165) is 19.4 Å². The molecule has 0 heterocycles. The molecule has 1 aromatic rings. The summed E-state index contributed by atoms with van der Waals surface area (Å²) >= 11 is 1.76. The highest BCUT2D eigenvalue weighted by atomic mass is 32.2. The summed E-state index contributed by atoms with van der Waals surface area (Å²) in [5, 5.41) is 22.5. The molecule has 0 saturated carbocycles. The van der Waals surface area contributed by atoms with Crippen molar-refractivity contribution in [1.29, 1.82) is 0 Å². The zero-order valence-corrected chi connectivity index (χ0v) is 12.2. The summed E-state index contributed by atoms with van der Waals surface area (Å²) in [6.45, 7) is 3.03. The predicted octanol–water partition coefficient (Wildman–Crippen LogP) is 1.74. The number of rotatable bonds is 7. The fourth-order valence-electron chi connectivity index (χ4n) is 2.54. The van der Waals surface area contributed by atoms with E-state index in [2.05, 4.69) is 36.5 Å². The summed E-state index contributed by atoms with van der Waals surface area (Å²) in [6, 6.07) is 8.94. The number of aliphatic hydroxyl groups excluding tert-OH is 2. The van der Waals surface area contributed by atoms with Gasteiger partial charge in [-0.05, 0) is 30.5 Å². The van der Waals surface area contributed by atoms with Crippen molar-refractivity contribution >= 4 is 11.8 Å². The molecule has 0 aliphatic heterocycles. The van der Waals surface area contributed by atoms with Gasteiger partial charge in [0.15, 0.2) is 0 Å². The third kappa shape index (κ3) is 3.72. The molecule has 3 nitrogen and oxygen atoms in total. The van der Waals surface area contributed by atoms with Gasteiger partial charge in [0.1, 0.15) is 0 Å². The van der Waals surface area contributed by atoms with Crippen LogP contribution >= 0.6 is 11.8 Å². The molecule has 0 saturated heterocycles. The van der Waals surface area contributed by atoms with E-state index in [0.29, 0.717) is 17.0 Å². The Kier molecular flexibility index (Phi) is 5.70. The van der Waals surface area contributed by atoms with Crippen LogP contribution in [0.5, 0.6) is 0 Å². The molecule has 3 N–H and O–H groups in total. The standard InChI is InChI=1S/C15H23NO2S/c1-2-7-16-15-13-6-4-3-5-11(13)8-14(15)19-10-12(18)9-17/h3-6,12,14-18H,2,7-10H2,1H3. The lowest BCUT2D eigenvalue weighted by Gasteiger charge is -2.22. The first-order chi connectivity index (χ1) is 9.26. The lowest BCUT2D eigenvalue weighted by molar-refractivity contribution is 0.113. The Balaban J connectivity index is 2.03. The second-order valence-corrected chi connectivity index (χ2v) is 6.32. The molecule has 3 atom stereocenters. The molecule has 2 rings (SSSR count). The summed E-state index contributed by atoms with van der Waals surface area (Å²) in [5.74, 6) is 0.597. The van der Waals surface area contributed by atoms with Crippen LogP contribution in [-0.2, 0) is 6.42 Å².